The van der Waals surface area contributed by atoms with E-state index in [-0.39, 0.29) is 0 Å². The minimum absolute atomic E-state index is 0.363. The van der Waals surface area contributed by atoms with E-state index >= 15 is 0 Å². The van der Waals surface area contributed by atoms with Gasteiger partial charge in [-0.2, -0.15) is 0 Å². The summed E-state index contributed by atoms with van der Waals surface area (Å²) in [6.45, 7) is 9.90. The second kappa shape index (κ2) is 9.55. The molecule has 1 aliphatic heterocycles. The van der Waals surface area contributed by atoms with Gasteiger partial charge >= 0.3 is 0 Å². The van der Waals surface area contributed by atoms with Gasteiger partial charge in [0.05, 0.1) is 6.10 Å². The van der Waals surface area contributed by atoms with Crippen LogP contribution in [0, 0.1) is 17.8 Å². The lowest BCUT2D eigenvalue weighted by atomic mass is 9.85. The number of hydrogen-bond acceptors (Lipinski definition) is 2. The molecule has 0 radical (unpaired) electrons. The number of carbonyl (C=O) groups excluding carboxylic acids is 1. The Bertz CT molecular complexity index is 275. The number of unbranched alkanes of at least 4 members (excludes halogenated alkanes) is 4. The Labute approximate surface area is 125 Å². The third kappa shape index (κ3) is 5.95. The minimum atomic E-state index is 0.363. The number of ether oxygens (including phenoxy) is 1. The number of rotatable bonds is 10. The summed E-state index contributed by atoms with van der Waals surface area (Å²) >= 11 is 0. The molecule has 0 spiro atoms. The van der Waals surface area contributed by atoms with E-state index in [1.165, 1.54) is 25.7 Å². The average Bonchev–Trinajstić information content (AvgIpc) is 2.76. The lowest BCUT2D eigenvalue weighted by Crippen LogP contribution is -2.24. The van der Waals surface area contributed by atoms with Gasteiger partial charge in [0.2, 0.25) is 0 Å². The lowest BCUT2D eigenvalue weighted by molar-refractivity contribution is -0.119. The van der Waals surface area contributed by atoms with Crippen molar-refractivity contribution in [2.75, 3.05) is 6.61 Å². The van der Waals surface area contributed by atoms with Crippen molar-refractivity contribution in [2.45, 2.75) is 85.2 Å². The van der Waals surface area contributed by atoms with Crippen molar-refractivity contribution >= 4 is 5.78 Å². The standard InChI is InChI=1S/C18H34O2/c1-5-6-7-8-9-10-17(19)12-11-14(2)18-16(4)15(3)13-20-18/h14-16,18H,5-13H2,1-4H3. The van der Waals surface area contributed by atoms with Gasteiger partial charge in [0, 0.05) is 19.4 Å². The molecule has 1 heterocycles. The van der Waals surface area contributed by atoms with Crippen LogP contribution in [0.3, 0.4) is 0 Å². The number of Topliss-reactive ketones (excluding diaryl/α,β-unsaturated/α-hetero) is 1. The van der Waals surface area contributed by atoms with E-state index in [2.05, 4.69) is 27.7 Å². The van der Waals surface area contributed by atoms with Crippen LogP contribution in [0.25, 0.3) is 0 Å². The molecular weight excluding hydrogens is 248 g/mol. The summed E-state index contributed by atoms with van der Waals surface area (Å²) in [6.07, 6.45) is 9.05. The zero-order chi connectivity index (χ0) is 15.0. The fourth-order valence-electron chi connectivity index (χ4n) is 3.18. The molecule has 1 aliphatic rings. The predicted octanol–water partition coefficient (Wildman–Crippen LogP) is 5.00. The molecule has 0 amide bonds. The van der Waals surface area contributed by atoms with Crippen LogP contribution >= 0.6 is 0 Å². The first kappa shape index (κ1) is 17.7. The summed E-state index contributed by atoms with van der Waals surface area (Å²) in [7, 11) is 0. The van der Waals surface area contributed by atoms with Gasteiger partial charge in [0.1, 0.15) is 5.78 Å². The Morgan fingerprint density at radius 3 is 2.45 bits per heavy atom. The highest BCUT2D eigenvalue weighted by molar-refractivity contribution is 5.78. The first-order chi connectivity index (χ1) is 9.56. The first-order valence-electron chi connectivity index (χ1n) is 8.69. The van der Waals surface area contributed by atoms with Crippen LogP contribution in [0.2, 0.25) is 0 Å². The van der Waals surface area contributed by atoms with Crippen LogP contribution in [0.15, 0.2) is 0 Å². The minimum Gasteiger partial charge on any atom is -0.377 e. The number of carbonyl (C=O) groups is 1. The van der Waals surface area contributed by atoms with Crippen molar-refractivity contribution in [1.82, 2.24) is 0 Å². The van der Waals surface area contributed by atoms with Crippen LogP contribution in [0.1, 0.15) is 79.1 Å². The number of hydrogen-bond donors (Lipinski definition) is 0. The van der Waals surface area contributed by atoms with E-state index in [0.29, 0.717) is 29.6 Å². The molecule has 1 rings (SSSR count). The monoisotopic (exact) mass is 282 g/mol. The first-order valence-corrected chi connectivity index (χ1v) is 8.69. The van der Waals surface area contributed by atoms with Gasteiger partial charge in [-0.25, -0.2) is 0 Å². The molecule has 20 heavy (non-hydrogen) atoms. The van der Waals surface area contributed by atoms with Crippen molar-refractivity contribution in [3.8, 4) is 0 Å². The van der Waals surface area contributed by atoms with Gasteiger partial charge < -0.3 is 4.74 Å². The fraction of sp³-hybridized carbons (Fsp3) is 0.944. The van der Waals surface area contributed by atoms with E-state index in [9.17, 15) is 4.79 Å². The molecule has 4 unspecified atom stereocenters. The van der Waals surface area contributed by atoms with Gasteiger partial charge in [-0.3, -0.25) is 4.79 Å². The van der Waals surface area contributed by atoms with Crippen LogP contribution in [0.5, 0.6) is 0 Å². The topological polar surface area (TPSA) is 26.3 Å². The molecule has 0 aliphatic carbocycles. The van der Waals surface area contributed by atoms with Gasteiger partial charge in [-0.15, -0.1) is 0 Å². The molecule has 118 valence electrons. The molecule has 0 aromatic heterocycles. The Morgan fingerprint density at radius 2 is 1.85 bits per heavy atom. The molecule has 0 N–H and O–H groups in total. The van der Waals surface area contributed by atoms with Gasteiger partial charge in [0.25, 0.3) is 0 Å². The van der Waals surface area contributed by atoms with Crippen LogP contribution < -0.4 is 0 Å². The molecule has 0 saturated carbocycles. The van der Waals surface area contributed by atoms with E-state index in [1.54, 1.807) is 0 Å². The van der Waals surface area contributed by atoms with Crippen molar-refractivity contribution in [2.24, 2.45) is 17.8 Å². The predicted molar refractivity (Wildman–Crippen MR) is 84.8 cm³/mol. The lowest BCUT2D eigenvalue weighted by Gasteiger charge is -2.23. The highest BCUT2D eigenvalue weighted by atomic mass is 16.5. The molecule has 1 saturated heterocycles. The van der Waals surface area contributed by atoms with Gasteiger partial charge in [-0.1, -0.05) is 53.4 Å². The van der Waals surface area contributed by atoms with Gasteiger partial charge in [0.15, 0.2) is 0 Å². The second-order valence-electron chi connectivity index (χ2n) is 6.85. The molecular formula is C18H34O2. The smallest absolute Gasteiger partial charge is 0.132 e. The highest BCUT2D eigenvalue weighted by Crippen LogP contribution is 2.32. The molecule has 2 heteroatoms. The van der Waals surface area contributed by atoms with Crippen LogP contribution in [0.4, 0.5) is 0 Å². The highest BCUT2D eigenvalue weighted by Gasteiger charge is 2.34. The van der Waals surface area contributed by atoms with Crippen LogP contribution in [-0.4, -0.2) is 18.5 Å². The summed E-state index contributed by atoms with van der Waals surface area (Å²) < 4.78 is 5.89. The zero-order valence-electron chi connectivity index (χ0n) is 14.0. The summed E-state index contributed by atoms with van der Waals surface area (Å²) in [4.78, 5) is 11.9. The third-order valence-electron chi connectivity index (χ3n) is 4.97. The van der Waals surface area contributed by atoms with Gasteiger partial charge in [-0.05, 0) is 30.6 Å². The van der Waals surface area contributed by atoms with E-state index in [4.69, 9.17) is 4.74 Å². The maximum atomic E-state index is 11.9. The fourth-order valence-corrected chi connectivity index (χ4v) is 3.18. The number of ketones is 1. The molecule has 4 atom stereocenters. The van der Waals surface area contributed by atoms with E-state index < -0.39 is 0 Å². The quantitative estimate of drug-likeness (QED) is 0.527. The SMILES string of the molecule is CCCCCCCC(=O)CCC(C)C1OCC(C)C1C. The maximum Gasteiger partial charge on any atom is 0.132 e. The largest absolute Gasteiger partial charge is 0.377 e. The van der Waals surface area contributed by atoms with Crippen molar-refractivity contribution < 1.29 is 9.53 Å². The molecule has 0 bridgehead atoms. The molecule has 0 aromatic carbocycles. The Kier molecular flexibility index (Phi) is 8.44. The van der Waals surface area contributed by atoms with Crippen molar-refractivity contribution in [3.05, 3.63) is 0 Å². The summed E-state index contributed by atoms with van der Waals surface area (Å²) in [5.74, 6) is 2.26. The Balaban J connectivity index is 2.11. The summed E-state index contributed by atoms with van der Waals surface area (Å²) in [5.41, 5.74) is 0. The third-order valence-corrected chi connectivity index (χ3v) is 4.97. The summed E-state index contributed by atoms with van der Waals surface area (Å²) in [6, 6.07) is 0. The second-order valence-corrected chi connectivity index (χ2v) is 6.85. The Morgan fingerprint density at radius 1 is 1.15 bits per heavy atom. The van der Waals surface area contributed by atoms with Crippen molar-refractivity contribution in [1.29, 1.82) is 0 Å². The van der Waals surface area contributed by atoms with E-state index in [1.807, 2.05) is 0 Å². The maximum absolute atomic E-state index is 11.9. The normalized spacial score (nSPS) is 27.7. The molecule has 0 aromatic rings. The molecule has 2 nitrogen and oxygen atoms in total. The Hall–Kier alpha value is -0.370. The van der Waals surface area contributed by atoms with Crippen molar-refractivity contribution in [3.63, 3.8) is 0 Å². The zero-order valence-corrected chi connectivity index (χ0v) is 14.0. The average molecular weight is 282 g/mol. The van der Waals surface area contributed by atoms with Crippen LogP contribution in [-0.2, 0) is 9.53 Å². The molecule has 1 fully saturated rings. The van der Waals surface area contributed by atoms with E-state index in [0.717, 1.165) is 32.3 Å². The summed E-state index contributed by atoms with van der Waals surface area (Å²) in [5, 5.41) is 0.